The minimum absolute atomic E-state index is 0.0187. The van der Waals surface area contributed by atoms with Gasteiger partial charge in [-0.2, -0.15) is 0 Å². The summed E-state index contributed by atoms with van der Waals surface area (Å²) in [4.78, 5) is 52.1. The van der Waals surface area contributed by atoms with Crippen molar-refractivity contribution in [1.29, 1.82) is 0 Å². The van der Waals surface area contributed by atoms with Gasteiger partial charge < -0.3 is 18.9 Å². The Morgan fingerprint density at radius 1 is 1.19 bits per heavy atom. The van der Waals surface area contributed by atoms with E-state index in [2.05, 4.69) is 4.98 Å². The SMILES string of the molecule is CCOC(=O)c1cn(C2Cc3cc(C)ccc3C2=O)c(C(=O)OCC)n1.CN(C)C=O. The van der Waals surface area contributed by atoms with Gasteiger partial charge >= 0.3 is 11.9 Å². The van der Waals surface area contributed by atoms with Crippen molar-refractivity contribution in [2.24, 2.45) is 0 Å². The van der Waals surface area contributed by atoms with Gasteiger partial charge in [-0.3, -0.25) is 9.59 Å². The molecule has 1 amide bonds. The number of esters is 2. The zero-order valence-electron chi connectivity index (χ0n) is 18.4. The summed E-state index contributed by atoms with van der Waals surface area (Å²) in [5, 5.41) is 0. The topological polar surface area (TPSA) is 108 Å². The maximum Gasteiger partial charge on any atom is 0.374 e. The number of fused-ring (bicyclic) bond motifs is 1. The smallest absolute Gasteiger partial charge is 0.374 e. The molecule has 0 N–H and O–H groups in total. The lowest BCUT2D eigenvalue weighted by atomic mass is 10.1. The Balaban J connectivity index is 0.000000614. The molecule has 1 aliphatic rings. The second kappa shape index (κ2) is 10.5. The standard InChI is InChI=1S/C19H20N2O5.C3H7NO/c1-4-25-18(23)14-10-21(17(20-14)19(24)26-5-2)15-9-12-8-11(3)6-7-13(12)16(15)22;1-4(2)3-5/h6-8,10,15H,4-5,9H2,1-3H3;3H,1-2H3. The number of ether oxygens (including phenoxy) is 2. The van der Waals surface area contributed by atoms with E-state index in [9.17, 15) is 19.2 Å². The molecule has 0 bridgehead atoms. The van der Waals surface area contributed by atoms with Gasteiger partial charge in [0, 0.05) is 32.3 Å². The Kier molecular flexibility index (Phi) is 8.07. The van der Waals surface area contributed by atoms with Crippen LogP contribution in [0.15, 0.2) is 24.4 Å². The third-order valence-electron chi connectivity index (χ3n) is 4.46. The van der Waals surface area contributed by atoms with Crippen molar-refractivity contribution in [2.45, 2.75) is 33.2 Å². The molecule has 0 saturated heterocycles. The molecule has 1 aliphatic carbocycles. The van der Waals surface area contributed by atoms with Crippen LogP contribution in [-0.4, -0.2) is 65.9 Å². The van der Waals surface area contributed by atoms with Crippen LogP contribution in [0.2, 0.25) is 0 Å². The summed E-state index contributed by atoms with van der Waals surface area (Å²) >= 11 is 0. The van der Waals surface area contributed by atoms with E-state index in [1.54, 1.807) is 34.0 Å². The molecule has 3 rings (SSSR count). The zero-order chi connectivity index (χ0) is 23.1. The van der Waals surface area contributed by atoms with Crippen LogP contribution >= 0.6 is 0 Å². The van der Waals surface area contributed by atoms with E-state index in [0.29, 0.717) is 12.0 Å². The van der Waals surface area contributed by atoms with Crippen molar-refractivity contribution in [3.63, 3.8) is 0 Å². The Morgan fingerprint density at radius 3 is 2.39 bits per heavy atom. The van der Waals surface area contributed by atoms with Crippen molar-refractivity contribution in [2.75, 3.05) is 27.3 Å². The number of Topliss-reactive ketones (excluding diaryl/α,β-unsaturated/α-hetero) is 1. The number of benzene rings is 1. The molecule has 166 valence electrons. The summed E-state index contributed by atoms with van der Waals surface area (Å²) in [5.41, 5.74) is 2.58. The highest BCUT2D eigenvalue weighted by Crippen LogP contribution is 2.32. The second-order valence-electron chi connectivity index (χ2n) is 7.11. The van der Waals surface area contributed by atoms with E-state index in [4.69, 9.17) is 9.47 Å². The fourth-order valence-electron chi connectivity index (χ4n) is 3.12. The Bertz CT molecular complexity index is 980. The monoisotopic (exact) mass is 429 g/mol. The van der Waals surface area contributed by atoms with Gasteiger partial charge in [-0.05, 0) is 26.3 Å². The molecule has 1 heterocycles. The molecule has 1 unspecified atom stereocenters. The van der Waals surface area contributed by atoms with Crippen molar-refractivity contribution in [3.05, 3.63) is 52.6 Å². The van der Waals surface area contributed by atoms with E-state index >= 15 is 0 Å². The van der Waals surface area contributed by atoms with Gasteiger partial charge in [0.05, 0.1) is 13.2 Å². The first-order chi connectivity index (χ1) is 14.7. The highest BCUT2D eigenvalue weighted by molar-refractivity contribution is 6.04. The molecule has 0 saturated carbocycles. The molecule has 9 nitrogen and oxygen atoms in total. The summed E-state index contributed by atoms with van der Waals surface area (Å²) in [7, 11) is 3.38. The molecule has 0 fully saturated rings. The van der Waals surface area contributed by atoms with Crippen LogP contribution in [0.4, 0.5) is 0 Å². The van der Waals surface area contributed by atoms with Gasteiger partial charge in [-0.25, -0.2) is 14.6 Å². The lowest BCUT2D eigenvalue weighted by Crippen LogP contribution is -2.21. The summed E-state index contributed by atoms with van der Waals surface area (Å²) in [6, 6.07) is 4.99. The van der Waals surface area contributed by atoms with Crippen LogP contribution in [-0.2, 0) is 20.7 Å². The first kappa shape index (κ1) is 23.8. The van der Waals surface area contributed by atoms with Crippen LogP contribution < -0.4 is 0 Å². The average molecular weight is 429 g/mol. The summed E-state index contributed by atoms with van der Waals surface area (Å²) in [6.07, 6.45) is 2.58. The van der Waals surface area contributed by atoms with Gasteiger partial charge in [0.15, 0.2) is 11.5 Å². The molecule has 0 spiro atoms. The number of carbonyl (C=O) groups excluding carboxylic acids is 4. The molecule has 1 aromatic carbocycles. The third kappa shape index (κ3) is 5.56. The molecule has 9 heteroatoms. The van der Waals surface area contributed by atoms with E-state index < -0.39 is 18.0 Å². The first-order valence-corrected chi connectivity index (χ1v) is 9.91. The van der Waals surface area contributed by atoms with Crippen LogP contribution in [0.1, 0.15) is 62.5 Å². The fraction of sp³-hybridized carbons (Fsp3) is 0.409. The molecular weight excluding hydrogens is 402 g/mol. The lowest BCUT2D eigenvalue weighted by Gasteiger charge is -2.12. The summed E-state index contributed by atoms with van der Waals surface area (Å²) < 4.78 is 11.4. The normalized spacial score (nSPS) is 14.2. The number of ketones is 1. The van der Waals surface area contributed by atoms with Gasteiger partial charge in [-0.15, -0.1) is 0 Å². The van der Waals surface area contributed by atoms with Crippen molar-refractivity contribution in [3.8, 4) is 0 Å². The number of nitrogens with zero attached hydrogens (tertiary/aromatic N) is 3. The predicted octanol–water partition coefficient (Wildman–Crippen LogP) is 2.23. The number of amides is 1. The zero-order valence-corrected chi connectivity index (χ0v) is 18.4. The predicted molar refractivity (Wildman–Crippen MR) is 112 cm³/mol. The molecule has 1 atom stereocenters. The number of hydrogen-bond acceptors (Lipinski definition) is 7. The maximum absolute atomic E-state index is 12.8. The number of hydrogen-bond donors (Lipinski definition) is 0. The quantitative estimate of drug-likeness (QED) is 0.512. The molecular formula is C22H27N3O6. The largest absolute Gasteiger partial charge is 0.461 e. The average Bonchev–Trinajstić information content (AvgIpc) is 3.30. The number of imidazole rings is 1. The number of carbonyl (C=O) groups is 4. The first-order valence-electron chi connectivity index (χ1n) is 9.91. The van der Waals surface area contributed by atoms with Crippen molar-refractivity contribution in [1.82, 2.24) is 14.5 Å². The van der Waals surface area contributed by atoms with Gasteiger partial charge in [-0.1, -0.05) is 23.8 Å². The van der Waals surface area contributed by atoms with Crippen LogP contribution in [0.25, 0.3) is 0 Å². The minimum Gasteiger partial charge on any atom is -0.461 e. The van der Waals surface area contributed by atoms with E-state index in [1.807, 2.05) is 19.1 Å². The summed E-state index contributed by atoms with van der Waals surface area (Å²) in [6.45, 7) is 5.67. The van der Waals surface area contributed by atoms with Crippen LogP contribution in [0, 0.1) is 6.92 Å². The van der Waals surface area contributed by atoms with Crippen LogP contribution in [0.5, 0.6) is 0 Å². The molecule has 2 aromatic rings. The summed E-state index contributed by atoms with van der Waals surface area (Å²) in [5.74, 6) is -1.50. The fourth-order valence-corrected chi connectivity index (χ4v) is 3.12. The molecule has 1 aromatic heterocycles. The number of aryl methyl sites for hydroxylation is 1. The van der Waals surface area contributed by atoms with Crippen molar-refractivity contribution >= 4 is 24.1 Å². The number of rotatable bonds is 6. The molecule has 31 heavy (non-hydrogen) atoms. The van der Waals surface area contributed by atoms with Gasteiger partial charge in [0.2, 0.25) is 12.2 Å². The highest BCUT2D eigenvalue weighted by atomic mass is 16.5. The minimum atomic E-state index is -0.678. The Morgan fingerprint density at radius 2 is 1.81 bits per heavy atom. The van der Waals surface area contributed by atoms with E-state index in [-0.39, 0.29) is 30.5 Å². The molecule has 0 radical (unpaired) electrons. The van der Waals surface area contributed by atoms with Gasteiger partial charge in [0.1, 0.15) is 6.04 Å². The van der Waals surface area contributed by atoms with E-state index in [0.717, 1.165) is 17.5 Å². The number of aromatic nitrogens is 2. The lowest BCUT2D eigenvalue weighted by molar-refractivity contribution is -0.115. The molecule has 0 aliphatic heterocycles. The maximum atomic E-state index is 12.8. The van der Waals surface area contributed by atoms with Crippen molar-refractivity contribution < 1.29 is 28.7 Å². The van der Waals surface area contributed by atoms with E-state index in [1.165, 1.54) is 15.7 Å². The van der Waals surface area contributed by atoms with Crippen LogP contribution in [0.3, 0.4) is 0 Å². The Hall–Kier alpha value is -3.49. The third-order valence-corrected chi connectivity index (χ3v) is 4.46. The highest BCUT2D eigenvalue weighted by Gasteiger charge is 2.35. The Labute approximate surface area is 181 Å². The van der Waals surface area contributed by atoms with Gasteiger partial charge in [0.25, 0.3) is 0 Å². The second-order valence-corrected chi connectivity index (χ2v) is 7.11.